The van der Waals surface area contributed by atoms with E-state index in [2.05, 4.69) is 54.2 Å². The van der Waals surface area contributed by atoms with E-state index in [1.54, 1.807) is 12.3 Å². The Labute approximate surface area is 112 Å². The Morgan fingerprint density at radius 2 is 2.19 bits per heavy atom. The van der Waals surface area contributed by atoms with Gasteiger partial charge in [0.2, 0.25) is 5.82 Å². The monoisotopic (exact) mass is 343 g/mol. The average Bonchev–Trinajstić information content (AvgIpc) is 2.23. The van der Waals surface area contributed by atoms with Crippen LogP contribution in [-0.4, -0.2) is 15.5 Å². The summed E-state index contributed by atoms with van der Waals surface area (Å²) in [6.45, 7) is 3.68. The van der Waals surface area contributed by atoms with Crippen molar-refractivity contribution in [3.63, 3.8) is 0 Å². The maximum Gasteiger partial charge on any atom is 0.206 e. The molecule has 0 spiro atoms. The highest BCUT2D eigenvalue weighted by Gasteiger charge is 2.03. The fraction of sp³-hybridized carbons (Fsp3) is 0.273. The molecule has 16 heavy (non-hydrogen) atoms. The van der Waals surface area contributed by atoms with E-state index in [0.29, 0.717) is 11.5 Å². The Morgan fingerprint density at radius 3 is 2.81 bits per heavy atom. The van der Waals surface area contributed by atoms with Crippen LogP contribution in [0.2, 0.25) is 0 Å². The molecule has 2 N–H and O–H groups in total. The largest absolute Gasteiger partial charge is 0.316 e. The van der Waals surface area contributed by atoms with Gasteiger partial charge in [0.1, 0.15) is 5.69 Å². The number of rotatable bonds is 0. The number of hydrogen-bond donors (Lipinski definition) is 1. The smallest absolute Gasteiger partial charge is 0.206 e. The molecule has 0 aliphatic heterocycles. The van der Waals surface area contributed by atoms with Crippen molar-refractivity contribution in [3.05, 3.63) is 23.8 Å². The topological polar surface area (TPSA) is 51.8 Å². The molecule has 0 bridgehead atoms. The van der Waals surface area contributed by atoms with E-state index in [-0.39, 0.29) is 0 Å². The van der Waals surface area contributed by atoms with Crippen LogP contribution in [0.25, 0.3) is 0 Å². The minimum Gasteiger partial charge on any atom is -0.316 e. The van der Waals surface area contributed by atoms with Crippen molar-refractivity contribution < 1.29 is 0 Å². The fourth-order valence-electron chi connectivity index (χ4n) is 0.779. The zero-order valence-electron chi connectivity index (χ0n) is 8.91. The molecule has 0 aliphatic carbocycles. The Hall–Kier alpha value is -0.760. The summed E-state index contributed by atoms with van der Waals surface area (Å²) in [5.74, 6) is 9.10. The van der Waals surface area contributed by atoms with Gasteiger partial charge >= 0.3 is 0 Å². The first kappa shape index (κ1) is 13.3. The van der Waals surface area contributed by atoms with Crippen molar-refractivity contribution in [1.29, 1.82) is 0 Å². The van der Waals surface area contributed by atoms with Crippen LogP contribution in [0.15, 0.2) is 12.3 Å². The molecule has 0 saturated carbocycles. The van der Waals surface area contributed by atoms with Gasteiger partial charge in [0.15, 0.2) is 0 Å². The summed E-state index contributed by atoms with van der Waals surface area (Å²) in [4.78, 5) is 8.20. The maximum atomic E-state index is 5.75. The Bertz CT molecular complexity index is 486. The van der Waals surface area contributed by atoms with Crippen LogP contribution in [0, 0.1) is 23.0 Å². The quantitative estimate of drug-likeness (QED) is 0.578. The highest BCUT2D eigenvalue weighted by molar-refractivity contribution is 14.2. The third-order valence-electron chi connectivity index (χ3n) is 1.37. The molecule has 0 atom stereocenters. The van der Waals surface area contributed by atoms with Gasteiger partial charge in [0.25, 0.3) is 0 Å². The molecular weight excluding hydrogens is 333 g/mol. The first-order chi connectivity index (χ1) is 7.51. The van der Waals surface area contributed by atoms with Crippen LogP contribution < -0.4 is 5.73 Å². The van der Waals surface area contributed by atoms with Gasteiger partial charge in [0.05, 0.1) is 5.54 Å². The summed E-state index contributed by atoms with van der Waals surface area (Å²) in [7, 11) is 1.39. The van der Waals surface area contributed by atoms with Gasteiger partial charge in [-0.2, -0.15) is 0 Å². The number of nitrogens with zero attached hydrogens (tertiary/aromatic N) is 2. The van der Waals surface area contributed by atoms with Gasteiger partial charge in [-0.05, 0) is 45.9 Å². The number of nitrogens with two attached hydrogens (primary N) is 1. The van der Waals surface area contributed by atoms with Crippen molar-refractivity contribution in [3.8, 4) is 23.0 Å². The Morgan fingerprint density at radius 1 is 1.44 bits per heavy atom. The number of hydrogen-bond acceptors (Lipinski definition) is 4. The second-order valence-corrected chi connectivity index (χ2v) is 5.22. The number of halogens is 1. The second kappa shape index (κ2) is 6.09. The zero-order valence-corrected chi connectivity index (χ0v) is 11.9. The SMILES string of the molecule is CC(C)(N)C#Cc1ccnc(C#CSI)n1. The van der Waals surface area contributed by atoms with Gasteiger partial charge in [-0.15, -0.1) is 0 Å². The summed E-state index contributed by atoms with van der Waals surface area (Å²) >= 11 is 2.09. The second-order valence-electron chi connectivity index (χ2n) is 3.54. The summed E-state index contributed by atoms with van der Waals surface area (Å²) in [5, 5.41) is 2.82. The third kappa shape index (κ3) is 5.36. The molecule has 0 aliphatic rings. The molecule has 0 unspecified atom stereocenters. The van der Waals surface area contributed by atoms with Crippen LogP contribution in [-0.2, 0) is 0 Å². The van der Waals surface area contributed by atoms with Gasteiger partial charge in [-0.3, -0.25) is 0 Å². The lowest BCUT2D eigenvalue weighted by atomic mass is 10.1. The molecule has 1 heterocycles. The molecule has 0 saturated heterocycles. The molecule has 0 fully saturated rings. The van der Waals surface area contributed by atoms with Gasteiger partial charge in [-0.25, -0.2) is 9.97 Å². The van der Waals surface area contributed by atoms with Crippen LogP contribution in [0.5, 0.6) is 0 Å². The molecular formula is C11H10IN3S. The lowest BCUT2D eigenvalue weighted by Gasteiger charge is -2.07. The van der Waals surface area contributed by atoms with Gasteiger partial charge in [0, 0.05) is 27.4 Å². The molecule has 0 radical (unpaired) electrons. The van der Waals surface area contributed by atoms with E-state index < -0.39 is 5.54 Å². The van der Waals surface area contributed by atoms with E-state index in [1.807, 2.05) is 13.8 Å². The fourth-order valence-corrected chi connectivity index (χ4v) is 1.24. The molecule has 82 valence electrons. The standard InChI is InChI=1S/C11H10IN3S/c1-11(2,13)6-3-9-4-7-14-10(15-9)5-8-16-12/h4,7H,13H2,1-2H3. The number of aromatic nitrogens is 2. The minimum atomic E-state index is -0.519. The molecule has 1 aromatic rings. The van der Waals surface area contributed by atoms with Crippen LogP contribution in [0.4, 0.5) is 0 Å². The van der Waals surface area contributed by atoms with E-state index in [4.69, 9.17) is 5.73 Å². The van der Waals surface area contributed by atoms with E-state index in [0.717, 1.165) is 0 Å². The van der Waals surface area contributed by atoms with Crippen molar-refractivity contribution in [1.82, 2.24) is 9.97 Å². The van der Waals surface area contributed by atoms with Gasteiger partial charge in [-0.1, -0.05) is 5.92 Å². The molecule has 1 rings (SSSR count). The van der Waals surface area contributed by atoms with Crippen LogP contribution in [0.3, 0.4) is 0 Å². The van der Waals surface area contributed by atoms with Crippen molar-refractivity contribution >= 4 is 30.1 Å². The van der Waals surface area contributed by atoms with Gasteiger partial charge < -0.3 is 5.73 Å². The molecule has 3 nitrogen and oxygen atoms in total. The van der Waals surface area contributed by atoms with Crippen LogP contribution >= 0.6 is 30.1 Å². The Kier molecular flexibility index (Phi) is 5.07. The molecule has 0 amide bonds. The lowest BCUT2D eigenvalue weighted by molar-refractivity contribution is 0.680. The first-order valence-electron chi connectivity index (χ1n) is 4.45. The van der Waals surface area contributed by atoms with E-state index >= 15 is 0 Å². The minimum absolute atomic E-state index is 0.478. The lowest BCUT2D eigenvalue weighted by Crippen LogP contribution is -2.29. The van der Waals surface area contributed by atoms with Crippen molar-refractivity contribution in [2.75, 3.05) is 0 Å². The highest BCUT2D eigenvalue weighted by Crippen LogP contribution is 2.07. The summed E-state index contributed by atoms with van der Waals surface area (Å²) in [6.07, 6.45) is 1.64. The molecule has 0 aromatic carbocycles. The third-order valence-corrected chi connectivity index (χ3v) is 2.21. The normalized spacial score (nSPS) is 9.75. The summed E-state index contributed by atoms with van der Waals surface area (Å²) < 4.78 is 0. The van der Waals surface area contributed by atoms with Crippen molar-refractivity contribution in [2.24, 2.45) is 5.73 Å². The predicted octanol–water partition coefficient (Wildman–Crippen LogP) is 1.96. The Balaban J connectivity index is 2.94. The molecule has 5 heteroatoms. The zero-order chi connectivity index (χ0) is 12.0. The summed E-state index contributed by atoms with van der Waals surface area (Å²) in [5.41, 5.74) is 5.87. The van der Waals surface area contributed by atoms with Crippen molar-refractivity contribution in [2.45, 2.75) is 19.4 Å². The van der Waals surface area contributed by atoms with E-state index in [9.17, 15) is 0 Å². The predicted molar refractivity (Wildman–Crippen MR) is 75.7 cm³/mol. The van der Waals surface area contributed by atoms with Crippen LogP contribution in [0.1, 0.15) is 25.4 Å². The first-order valence-corrected chi connectivity index (χ1v) is 7.81. The molecule has 1 aromatic heterocycles. The summed E-state index contributed by atoms with van der Waals surface area (Å²) in [6, 6.07) is 1.74. The highest BCUT2D eigenvalue weighted by atomic mass is 127. The average molecular weight is 343 g/mol. The van der Waals surface area contributed by atoms with E-state index in [1.165, 1.54) is 8.93 Å². The maximum absolute atomic E-state index is 5.75.